The number of nitrogens with one attached hydrogen (secondary N) is 1. The molecule has 0 bridgehead atoms. The Bertz CT molecular complexity index is 158. The number of methoxy groups -OCH3 is 1. The van der Waals surface area contributed by atoms with E-state index in [4.69, 9.17) is 4.74 Å². The van der Waals surface area contributed by atoms with Crippen LogP contribution in [0.5, 0.6) is 0 Å². The third kappa shape index (κ3) is 1.25. The van der Waals surface area contributed by atoms with E-state index in [9.17, 15) is 0 Å². The lowest BCUT2D eigenvalue weighted by molar-refractivity contribution is 0.297. The number of rotatable bonds is 1. The minimum atomic E-state index is 0.876. The fraction of sp³-hybridized carbons (Fsp3) is 0.429. The highest BCUT2D eigenvalue weighted by molar-refractivity contribution is 5.26. The van der Waals surface area contributed by atoms with Crippen molar-refractivity contribution in [3.05, 3.63) is 23.6 Å². The Morgan fingerprint density at radius 1 is 1.67 bits per heavy atom. The summed E-state index contributed by atoms with van der Waals surface area (Å²) in [6.45, 7) is 2.89. The van der Waals surface area contributed by atoms with Crippen molar-refractivity contribution in [3.8, 4) is 0 Å². The topological polar surface area (TPSA) is 21.3 Å². The van der Waals surface area contributed by atoms with Crippen LogP contribution in [0.15, 0.2) is 23.6 Å². The van der Waals surface area contributed by atoms with Crippen LogP contribution in [0, 0.1) is 0 Å². The van der Waals surface area contributed by atoms with Gasteiger partial charge in [-0.15, -0.1) is 0 Å². The SMILES string of the molecule is COC1=CCNC=C1C. The van der Waals surface area contributed by atoms with Crippen LogP contribution in [0.3, 0.4) is 0 Å². The molecular formula is C7H11NO. The molecule has 0 fully saturated rings. The number of hydrogen-bond donors (Lipinski definition) is 1. The average Bonchev–Trinajstić information content (AvgIpc) is 1.89. The van der Waals surface area contributed by atoms with Crippen LogP contribution in [0.1, 0.15) is 6.92 Å². The maximum absolute atomic E-state index is 5.06. The zero-order valence-electron chi connectivity index (χ0n) is 5.77. The number of hydrogen-bond acceptors (Lipinski definition) is 2. The molecule has 0 aliphatic carbocycles. The molecular weight excluding hydrogens is 114 g/mol. The lowest BCUT2D eigenvalue weighted by Crippen LogP contribution is -2.12. The molecule has 0 atom stereocenters. The van der Waals surface area contributed by atoms with Gasteiger partial charge in [0.25, 0.3) is 0 Å². The predicted octanol–water partition coefficient (Wildman–Crippen LogP) is 1.02. The molecule has 2 nitrogen and oxygen atoms in total. The van der Waals surface area contributed by atoms with Crippen molar-refractivity contribution >= 4 is 0 Å². The second-order valence-electron chi connectivity index (χ2n) is 2.01. The molecule has 0 spiro atoms. The van der Waals surface area contributed by atoms with Crippen LogP contribution in [0.4, 0.5) is 0 Å². The molecule has 1 N–H and O–H groups in total. The lowest BCUT2D eigenvalue weighted by atomic mass is 10.2. The fourth-order valence-corrected chi connectivity index (χ4v) is 0.840. The average molecular weight is 125 g/mol. The largest absolute Gasteiger partial charge is 0.497 e. The molecule has 0 aromatic heterocycles. The first kappa shape index (κ1) is 6.20. The van der Waals surface area contributed by atoms with Crippen LogP contribution in [-0.2, 0) is 4.74 Å². The normalized spacial score (nSPS) is 17.6. The van der Waals surface area contributed by atoms with Gasteiger partial charge in [-0.05, 0) is 13.0 Å². The molecule has 1 aliphatic heterocycles. The van der Waals surface area contributed by atoms with Gasteiger partial charge in [-0.2, -0.15) is 0 Å². The molecule has 1 heterocycles. The van der Waals surface area contributed by atoms with Crippen molar-refractivity contribution in [1.82, 2.24) is 5.32 Å². The Labute approximate surface area is 55.2 Å². The van der Waals surface area contributed by atoms with Crippen LogP contribution in [-0.4, -0.2) is 13.7 Å². The summed E-state index contributed by atoms with van der Waals surface area (Å²) >= 11 is 0. The second-order valence-corrected chi connectivity index (χ2v) is 2.01. The minimum absolute atomic E-state index is 0.876. The van der Waals surface area contributed by atoms with Gasteiger partial charge in [-0.25, -0.2) is 0 Å². The van der Waals surface area contributed by atoms with E-state index in [0.717, 1.165) is 17.9 Å². The number of ether oxygens (including phenoxy) is 1. The first-order chi connectivity index (χ1) is 4.34. The van der Waals surface area contributed by atoms with Crippen LogP contribution in [0.2, 0.25) is 0 Å². The van der Waals surface area contributed by atoms with E-state index >= 15 is 0 Å². The molecule has 1 rings (SSSR count). The molecule has 9 heavy (non-hydrogen) atoms. The van der Waals surface area contributed by atoms with Gasteiger partial charge in [0.05, 0.1) is 7.11 Å². The molecule has 0 saturated carbocycles. The summed E-state index contributed by atoms with van der Waals surface area (Å²) in [7, 11) is 1.69. The van der Waals surface area contributed by atoms with E-state index in [-0.39, 0.29) is 0 Å². The van der Waals surface area contributed by atoms with Crippen molar-refractivity contribution < 1.29 is 4.74 Å². The second kappa shape index (κ2) is 2.58. The van der Waals surface area contributed by atoms with Crippen LogP contribution < -0.4 is 5.32 Å². The smallest absolute Gasteiger partial charge is 0.120 e. The molecule has 50 valence electrons. The van der Waals surface area contributed by atoms with E-state index in [1.165, 1.54) is 0 Å². The summed E-state index contributed by atoms with van der Waals surface area (Å²) < 4.78 is 5.06. The summed E-state index contributed by atoms with van der Waals surface area (Å²) in [5.74, 6) is 0.980. The maximum Gasteiger partial charge on any atom is 0.120 e. The molecule has 0 radical (unpaired) electrons. The highest BCUT2D eigenvalue weighted by Crippen LogP contribution is 2.10. The number of allylic oxidation sites excluding steroid dienone is 1. The molecule has 0 amide bonds. The predicted molar refractivity (Wildman–Crippen MR) is 36.9 cm³/mol. The minimum Gasteiger partial charge on any atom is -0.497 e. The summed E-state index contributed by atoms with van der Waals surface area (Å²) in [6.07, 6.45) is 3.98. The van der Waals surface area contributed by atoms with Gasteiger partial charge in [0.2, 0.25) is 0 Å². The first-order valence-electron chi connectivity index (χ1n) is 2.99. The van der Waals surface area contributed by atoms with Crippen molar-refractivity contribution in [3.63, 3.8) is 0 Å². The van der Waals surface area contributed by atoms with Gasteiger partial charge >= 0.3 is 0 Å². The fourth-order valence-electron chi connectivity index (χ4n) is 0.840. The maximum atomic E-state index is 5.06. The summed E-state index contributed by atoms with van der Waals surface area (Å²) in [5, 5.41) is 3.08. The summed E-state index contributed by atoms with van der Waals surface area (Å²) in [6, 6.07) is 0. The van der Waals surface area contributed by atoms with Crippen molar-refractivity contribution in [2.45, 2.75) is 6.92 Å². The third-order valence-corrected chi connectivity index (χ3v) is 1.33. The highest BCUT2D eigenvalue weighted by atomic mass is 16.5. The van der Waals surface area contributed by atoms with E-state index in [1.54, 1.807) is 7.11 Å². The molecule has 1 aliphatic rings. The Balaban J connectivity index is 2.68. The third-order valence-electron chi connectivity index (χ3n) is 1.33. The van der Waals surface area contributed by atoms with Gasteiger partial charge < -0.3 is 10.1 Å². The Morgan fingerprint density at radius 2 is 2.44 bits per heavy atom. The van der Waals surface area contributed by atoms with Gasteiger partial charge in [-0.3, -0.25) is 0 Å². The Kier molecular flexibility index (Phi) is 1.78. The van der Waals surface area contributed by atoms with Gasteiger partial charge in [0.15, 0.2) is 0 Å². The lowest BCUT2D eigenvalue weighted by Gasteiger charge is -2.11. The molecule has 2 heteroatoms. The standard InChI is InChI=1S/C7H11NO/c1-6-5-8-4-3-7(6)9-2/h3,5,8H,4H2,1-2H3. The van der Waals surface area contributed by atoms with Gasteiger partial charge in [0.1, 0.15) is 5.76 Å². The van der Waals surface area contributed by atoms with Gasteiger partial charge in [-0.1, -0.05) is 0 Å². The van der Waals surface area contributed by atoms with E-state index in [2.05, 4.69) is 5.32 Å². The zero-order valence-corrected chi connectivity index (χ0v) is 5.77. The van der Waals surface area contributed by atoms with E-state index in [1.807, 2.05) is 19.2 Å². The van der Waals surface area contributed by atoms with Crippen LogP contribution >= 0.6 is 0 Å². The van der Waals surface area contributed by atoms with Crippen molar-refractivity contribution in [2.24, 2.45) is 0 Å². The molecule has 0 aromatic carbocycles. The molecule has 0 unspecified atom stereocenters. The first-order valence-corrected chi connectivity index (χ1v) is 2.99. The monoisotopic (exact) mass is 125 g/mol. The van der Waals surface area contributed by atoms with Crippen molar-refractivity contribution in [2.75, 3.05) is 13.7 Å². The van der Waals surface area contributed by atoms with E-state index in [0.29, 0.717) is 0 Å². The quantitative estimate of drug-likeness (QED) is 0.565. The van der Waals surface area contributed by atoms with E-state index < -0.39 is 0 Å². The zero-order chi connectivity index (χ0) is 6.69. The number of dihydropyridines is 1. The molecule has 0 saturated heterocycles. The van der Waals surface area contributed by atoms with Crippen LogP contribution in [0.25, 0.3) is 0 Å². The van der Waals surface area contributed by atoms with Gasteiger partial charge in [0, 0.05) is 18.3 Å². The highest BCUT2D eigenvalue weighted by Gasteiger charge is 2.01. The Hall–Kier alpha value is -0.920. The summed E-state index contributed by atoms with van der Waals surface area (Å²) in [4.78, 5) is 0. The van der Waals surface area contributed by atoms with Crippen molar-refractivity contribution in [1.29, 1.82) is 0 Å². The molecule has 0 aromatic rings. The summed E-state index contributed by atoms with van der Waals surface area (Å²) in [5.41, 5.74) is 1.16. The Morgan fingerprint density at radius 3 is 2.89 bits per heavy atom.